The first-order valence-corrected chi connectivity index (χ1v) is 10.1. The summed E-state index contributed by atoms with van der Waals surface area (Å²) in [6.45, 7) is 3.53. The second-order valence-corrected chi connectivity index (χ2v) is 8.68. The van der Waals surface area contributed by atoms with Crippen LogP contribution in [0.15, 0.2) is 0 Å². The second kappa shape index (κ2) is 7.46. The Balaban J connectivity index is 1.54. The highest BCUT2D eigenvalue weighted by atomic mass is 32.2. The summed E-state index contributed by atoms with van der Waals surface area (Å²) < 4.78 is 37.8. The summed E-state index contributed by atoms with van der Waals surface area (Å²) in [6, 6.07) is 0. The average Bonchev–Trinajstić information content (AvgIpc) is 2.63. The molecule has 3 saturated heterocycles. The molecular formula is C15H26N2O5S. The molecule has 1 atom stereocenters. The van der Waals surface area contributed by atoms with Gasteiger partial charge in [-0.2, -0.15) is 0 Å². The topological polar surface area (TPSA) is 76.1 Å². The predicted octanol–water partition coefficient (Wildman–Crippen LogP) is 0.209. The second-order valence-electron chi connectivity index (χ2n) is 6.46. The number of nitrogens with zero attached hydrogens (tertiary/aromatic N) is 2. The Labute approximate surface area is 138 Å². The Morgan fingerprint density at radius 1 is 0.957 bits per heavy atom. The van der Waals surface area contributed by atoms with Crippen LogP contribution in [0.4, 0.5) is 0 Å². The van der Waals surface area contributed by atoms with Gasteiger partial charge in [-0.05, 0) is 25.7 Å². The van der Waals surface area contributed by atoms with E-state index < -0.39 is 16.1 Å². The van der Waals surface area contributed by atoms with Gasteiger partial charge >= 0.3 is 0 Å². The lowest BCUT2D eigenvalue weighted by Gasteiger charge is -2.37. The molecule has 0 aromatic carbocycles. The van der Waals surface area contributed by atoms with Gasteiger partial charge in [0, 0.05) is 26.2 Å². The summed E-state index contributed by atoms with van der Waals surface area (Å²) in [4.78, 5) is 14.1. The molecule has 7 nitrogen and oxygen atoms in total. The monoisotopic (exact) mass is 346 g/mol. The minimum Gasteiger partial charge on any atom is -0.376 e. The number of amides is 1. The molecule has 0 bridgehead atoms. The lowest BCUT2D eigenvalue weighted by atomic mass is 10.1. The quantitative estimate of drug-likeness (QED) is 0.730. The molecule has 0 saturated carbocycles. The summed E-state index contributed by atoms with van der Waals surface area (Å²) in [7, 11) is -3.22. The van der Waals surface area contributed by atoms with E-state index in [1.807, 2.05) is 0 Å². The normalized spacial score (nSPS) is 28.7. The highest BCUT2D eigenvalue weighted by molar-refractivity contribution is 7.89. The highest BCUT2D eigenvalue weighted by Gasteiger charge is 2.37. The van der Waals surface area contributed by atoms with Crippen LogP contribution >= 0.6 is 0 Å². The maximum Gasteiger partial charge on any atom is 0.254 e. The Morgan fingerprint density at radius 3 is 2.26 bits per heavy atom. The molecule has 0 aliphatic carbocycles. The van der Waals surface area contributed by atoms with Crippen LogP contribution in [-0.2, 0) is 24.3 Å². The lowest BCUT2D eigenvalue weighted by molar-refractivity contribution is -0.158. The van der Waals surface area contributed by atoms with Crippen LogP contribution in [0.2, 0.25) is 0 Å². The highest BCUT2D eigenvalue weighted by Crippen LogP contribution is 2.24. The van der Waals surface area contributed by atoms with E-state index in [0.717, 1.165) is 19.3 Å². The Hall–Kier alpha value is -0.700. The van der Waals surface area contributed by atoms with Gasteiger partial charge < -0.3 is 14.4 Å². The Morgan fingerprint density at radius 2 is 1.65 bits per heavy atom. The van der Waals surface area contributed by atoms with E-state index in [1.165, 1.54) is 0 Å². The first-order valence-electron chi connectivity index (χ1n) is 8.56. The largest absolute Gasteiger partial charge is 0.376 e. The molecule has 0 N–H and O–H groups in total. The molecule has 1 amide bonds. The van der Waals surface area contributed by atoms with E-state index in [0.29, 0.717) is 58.8 Å². The maximum absolute atomic E-state index is 12.7. The molecule has 0 spiro atoms. The fraction of sp³-hybridized carbons (Fsp3) is 0.933. The van der Waals surface area contributed by atoms with Crippen molar-refractivity contribution in [1.82, 2.24) is 9.21 Å². The number of sulfonamides is 1. The summed E-state index contributed by atoms with van der Waals surface area (Å²) in [6.07, 6.45) is 3.52. The fourth-order valence-corrected chi connectivity index (χ4v) is 5.53. The van der Waals surface area contributed by atoms with E-state index in [4.69, 9.17) is 9.47 Å². The SMILES string of the molecule is O=C(C1COCCO1)N1CCC(S(=O)(=O)N2CCCCC2)CC1. The van der Waals surface area contributed by atoms with Gasteiger partial charge in [-0.15, -0.1) is 0 Å². The summed E-state index contributed by atoms with van der Waals surface area (Å²) in [5, 5.41) is -0.354. The van der Waals surface area contributed by atoms with Crippen LogP contribution in [0.5, 0.6) is 0 Å². The van der Waals surface area contributed by atoms with Crippen LogP contribution in [0, 0.1) is 0 Å². The van der Waals surface area contributed by atoms with E-state index in [1.54, 1.807) is 9.21 Å². The molecule has 0 aromatic heterocycles. The molecule has 8 heteroatoms. The molecule has 3 heterocycles. The standard InChI is InChI=1S/C15H26N2O5S/c18-15(14-12-21-10-11-22-14)16-8-4-13(5-9-16)23(19,20)17-6-2-1-3-7-17/h13-14H,1-12H2. The minimum atomic E-state index is -3.22. The van der Waals surface area contributed by atoms with Crippen molar-refractivity contribution in [2.75, 3.05) is 46.0 Å². The number of piperidine rings is 2. The van der Waals surface area contributed by atoms with Gasteiger partial charge in [-0.25, -0.2) is 12.7 Å². The van der Waals surface area contributed by atoms with E-state index in [-0.39, 0.29) is 11.2 Å². The number of likely N-dealkylation sites (tertiary alicyclic amines) is 1. The number of hydrogen-bond donors (Lipinski definition) is 0. The third-order valence-electron chi connectivity index (χ3n) is 4.94. The van der Waals surface area contributed by atoms with E-state index in [2.05, 4.69) is 0 Å². The van der Waals surface area contributed by atoms with Gasteiger partial charge in [0.2, 0.25) is 10.0 Å². The predicted molar refractivity (Wildman–Crippen MR) is 84.5 cm³/mol. The van der Waals surface area contributed by atoms with Gasteiger partial charge in [0.15, 0.2) is 6.10 Å². The fourth-order valence-electron chi connectivity index (χ4n) is 3.54. The van der Waals surface area contributed by atoms with E-state index >= 15 is 0 Å². The molecule has 3 rings (SSSR count). The summed E-state index contributed by atoms with van der Waals surface area (Å²) in [5.74, 6) is -0.0708. The molecule has 0 radical (unpaired) electrons. The molecule has 23 heavy (non-hydrogen) atoms. The van der Waals surface area contributed by atoms with Crippen LogP contribution in [0.1, 0.15) is 32.1 Å². The number of ether oxygens (including phenoxy) is 2. The Bertz CT molecular complexity index is 504. The van der Waals surface area contributed by atoms with Gasteiger partial charge in [0.1, 0.15) is 0 Å². The van der Waals surface area contributed by atoms with Gasteiger partial charge in [0.25, 0.3) is 5.91 Å². The molecule has 132 valence electrons. The zero-order valence-corrected chi connectivity index (χ0v) is 14.3. The van der Waals surface area contributed by atoms with E-state index in [9.17, 15) is 13.2 Å². The van der Waals surface area contributed by atoms with Crippen molar-refractivity contribution in [3.05, 3.63) is 0 Å². The maximum atomic E-state index is 12.7. The zero-order chi connectivity index (χ0) is 16.3. The lowest BCUT2D eigenvalue weighted by Crippen LogP contribution is -2.51. The van der Waals surface area contributed by atoms with Crippen LogP contribution < -0.4 is 0 Å². The van der Waals surface area contributed by atoms with Crippen molar-refractivity contribution in [3.8, 4) is 0 Å². The molecule has 3 fully saturated rings. The first kappa shape index (κ1) is 17.1. The van der Waals surface area contributed by atoms with Crippen LogP contribution in [-0.4, -0.2) is 80.9 Å². The third kappa shape index (κ3) is 3.87. The molecule has 3 aliphatic heterocycles. The van der Waals surface area contributed by atoms with Gasteiger partial charge in [-0.3, -0.25) is 4.79 Å². The van der Waals surface area contributed by atoms with Crippen molar-refractivity contribution in [2.45, 2.75) is 43.5 Å². The molecule has 1 unspecified atom stereocenters. The van der Waals surface area contributed by atoms with Crippen molar-refractivity contribution < 1.29 is 22.7 Å². The molecule has 3 aliphatic rings. The van der Waals surface area contributed by atoms with Crippen LogP contribution in [0.3, 0.4) is 0 Å². The Kier molecular flexibility index (Phi) is 5.56. The van der Waals surface area contributed by atoms with Crippen molar-refractivity contribution in [2.24, 2.45) is 0 Å². The number of rotatable bonds is 3. The smallest absolute Gasteiger partial charge is 0.254 e. The summed E-state index contributed by atoms with van der Waals surface area (Å²) in [5.41, 5.74) is 0. The molecular weight excluding hydrogens is 320 g/mol. The van der Waals surface area contributed by atoms with Crippen molar-refractivity contribution in [1.29, 1.82) is 0 Å². The zero-order valence-electron chi connectivity index (χ0n) is 13.5. The number of hydrogen-bond acceptors (Lipinski definition) is 5. The number of carbonyl (C=O) groups excluding carboxylic acids is 1. The van der Waals surface area contributed by atoms with Gasteiger partial charge in [-0.1, -0.05) is 6.42 Å². The van der Waals surface area contributed by atoms with Crippen molar-refractivity contribution >= 4 is 15.9 Å². The summed E-state index contributed by atoms with van der Waals surface area (Å²) >= 11 is 0. The number of carbonyl (C=O) groups is 1. The van der Waals surface area contributed by atoms with Crippen molar-refractivity contribution in [3.63, 3.8) is 0 Å². The van der Waals surface area contributed by atoms with Gasteiger partial charge in [0.05, 0.1) is 25.1 Å². The minimum absolute atomic E-state index is 0.0708. The van der Waals surface area contributed by atoms with Crippen LogP contribution in [0.25, 0.3) is 0 Å². The first-order chi connectivity index (χ1) is 11.1. The third-order valence-corrected chi connectivity index (χ3v) is 7.34. The molecule has 0 aromatic rings. The average molecular weight is 346 g/mol.